The molecule has 0 fully saturated rings. The molecule has 7 heteroatoms. The molecule has 616 valence electrons. The van der Waals surface area contributed by atoms with Crippen molar-refractivity contribution >= 4 is 176 Å². The summed E-state index contributed by atoms with van der Waals surface area (Å²) in [6.07, 6.45) is 7.77. The zero-order chi connectivity index (χ0) is 86.0. The molecule has 0 aliphatic heterocycles. The maximum atomic E-state index is 6.12. The Morgan fingerprint density at radius 3 is 1.09 bits per heavy atom. The number of para-hydroxylation sites is 1. The number of aryl methyl sites for hydroxylation is 3. The summed E-state index contributed by atoms with van der Waals surface area (Å²) >= 11 is 3.73. The highest BCUT2D eigenvalue weighted by atomic mass is 32.1. The van der Waals surface area contributed by atoms with Crippen LogP contribution in [-0.4, -0.2) is 13.1 Å². The first-order chi connectivity index (χ1) is 63.0. The van der Waals surface area contributed by atoms with Crippen LogP contribution in [0.2, 0.25) is 0 Å². The van der Waals surface area contributed by atoms with Crippen molar-refractivity contribution in [3.8, 4) is 44.5 Å². The first kappa shape index (κ1) is 80.0. The summed E-state index contributed by atoms with van der Waals surface area (Å²) in [5.74, 6) is 0. The van der Waals surface area contributed by atoms with Crippen LogP contribution in [0.15, 0.2) is 429 Å². The van der Waals surface area contributed by atoms with E-state index in [1.807, 2.05) is 34.8 Å². The molecule has 3 aromatic heterocycles. The van der Waals surface area contributed by atoms with Gasteiger partial charge in [-0.15, -0.1) is 22.7 Å². The lowest BCUT2D eigenvalue weighted by molar-refractivity contribution is 0.669. The highest BCUT2D eigenvalue weighted by Gasteiger charge is 2.21. The summed E-state index contributed by atoms with van der Waals surface area (Å²) in [6.45, 7) is 10.8. The fraction of sp³-hybridized carbons (Fsp3) is 0.0744. The average molecular weight is 1680 g/mol. The number of nitrogens with zero attached hydrogens (tertiary/aromatic N) is 4. The van der Waals surface area contributed by atoms with E-state index in [0.717, 1.165) is 104 Å². The van der Waals surface area contributed by atoms with Crippen molar-refractivity contribution < 1.29 is 4.42 Å². The Morgan fingerprint density at radius 1 is 0.242 bits per heavy atom. The second-order valence-corrected chi connectivity index (χ2v) is 35.8. The Morgan fingerprint density at radius 2 is 0.570 bits per heavy atom. The van der Waals surface area contributed by atoms with Crippen LogP contribution in [-0.2, 0) is 6.42 Å². The summed E-state index contributed by atoms with van der Waals surface area (Å²) in [4.78, 5) is 9.60. The third kappa shape index (κ3) is 16.7. The van der Waals surface area contributed by atoms with Crippen molar-refractivity contribution in [3.05, 3.63) is 458 Å². The molecule has 0 saturated heterocycles. The Balaban J connectivity index is 0.000000172. The fourth-order valence-corrected chi connectivity index (χ4v) is 20.2. The van der Waals surface area contributed by atoms with Crippen LogP contribution in [0.1, 0.15) is 53.1 Å². The zero-order valence-electron chi connectivity index (χ0n) is 72.1. The molecule has 0 spiro atoms. The summed E-state index contributed by atoms with van der Waals surface area (Å²) < 4.78 is 11.5. The first-order valence-electron chi connectivity index (χ1n) is 44.4. The van der Waals surface area contributed by atoms with Crippen molar-refractivity contribution in [2.75, 3.05) is 32.7 Å². The summed E-state index contributed by atoms with van der Waals surface area (Å²) in [6, 6.07) is 155. The highest BCUT2D eigenvalue weighted by molar-refractivity contribution is 7.26. The quantitative estimate of drug-likeness (QED) is 0.0630. The number of rotatable bonds is 22. The minimum atomic E-state index is 0.910. The smallest absolute Gasteiger partial charge is 0.135 e. The number of unbranched alkanes of at least 4 members (excludes halogenated alkanes) is 1. The van der Waals surface area contributed by atoms with Gasteiger partial charge in [-0.1, -0.05) is 285 Å². The molecule has 0 N–H and O–H groups in total. The first-order valence-corrected chi connectivity index (χ1v) is 46.1. The molecule has 0 amide bonds. The number of fused-ring (bicyclic) bond motifs is 11. The summed E-state index contributed by atoms with van der Waals surface area (Å²) in [7, 11) is 0. The van der Waals surface area contributed by atoms with E-state index in [0.29, 0.717) is 0 Å². The predicted octanol–water partition coefficient (Wildman–Crippen LogP) is 35.3. The standard InChI is InChI=1S/C74H52N2OS.C47H42N2S/c1-49-11-32-61(33-12-49)75(65-40-27-54(28-41-65)53-21-23-55(24-22-53)59-31-44-74-70(48-59)68-8-4-6-10-73(68)78-74)63-36-17-51(18-37-63)15-16-52-19-38-64(39-20-52)76(62-34-13-50(2)14-35-62)66-42-29-57-45-56(25-26-58(57)46-66)60-30-43-72-69(47-60)67-7-3-5-9-71(67)77-72;1-3-4-30-48(43-27-19-36-9-5-6-10-38(36)32-43)31-29-35-15-23-41(24-16-35)49(40-21-13-34(2)14-22-40)42-25-17-37(18-26-42)39-20-28-47-45(33-39)44-11-7-8-12-46(44)50-47/h3-48H,1-2H3;5-28,32-33H,3-4,29-31H2,1-2H3/b16-15+;. The van der Waals surface area contributed by atoms with Gasteiger partial charge in [-0.2, -0.15) is 0 Å². The largest absolute Gasteiger partial charge is 0.456 e. The van der Waals surface area contributed by atoms with Gasteiger partial charge in [0.2, 0.25) is 0 Å². The number of thiophene rings is 2. The second-order valence-electron chi connectivity index (χ2n) is 33.7. The Hall–Kier alpha value is -15.1. The van der Waals surface area contributed by atoms with Gasteiger partial charge in [-0.05, 0) is 298 Å². The van der Waals surface area contributed by atoms with Crippen molar-refractivity contribution in [1.29, 1.82) is 0 Å². The van der Waals surface area contributed by atoms with E-state index in [1.165, 1.54) is 147 Å². The molecule has 128 heavy (non-hydrogen) atoms. The Bertz CT molecular complexity index is 7780. The molecule has 22 rings (SSSR count). The molecule has 0 aliphatic rings. The Kier molecular flexibility index (Phi) is 22.2. The van der Waals surface area contributed by atoms with Crippen molar-refractivity contribution in [2.45, 2.75) is 47.0 Å². The van der Waals surface area contributed by atoms with Gasteiger partial charge < -0.3 is 24.0 Å². The van der Waals surface area contributed by atoms with E-state index in [9.17, 15) is 0 Å². The topological polar surface area (TPSA) is 26.1 Å². The molecular weight excluding hydrogens is 1590 g/mol. The maximum absolute atomic E-state index is 6.12. The van der Waals surface area contributed by atoms with Gasteiger partial charge in [-0.25, -0.2) is 0 Å². The van der Waals surface area contributed by atoms with Gasteiger partial charge in [0, 0.05) is 121 Å². The lowest BCUT2D eigenvalue weighted by Gasteiger charge is -2.27. The zero-order valence-corrected chi connectivity index (χ0v) is 73.8. The molecule has 5 nitrogen and oxygen atoms in total. The second kappa shape index (κ2) is 35.5. The summed E-state index contributed by atoms with van der Waals surface area (Å²) in [5.41, 5.74) is 30.2. The number of benzene rings is 19. The van der Waals surface area contributed by atoms with Gasteiger partial charge in [-0.3, -0.25) is 0 Å². The molecule has 19 aromatic carbocycles. The average Bonchev–Trinajstić information content (AvgIpc) is 1.59. The van der Waals surface area contributed by atoms with Crippen molar-refractivity contribution in [1.82, 2.24) is 0 Å². The lowest BCUT2D eigenvalue weighted by atomic mass is 9.99. The molecule has 0 bridgehead atoms. The maximum Gasteiger partial charge on any atom is 0.135 e. The number of furan rings is 1. The van der Waals surface area contributed by atoms with Crippen LogP contribution >= 0.6 is 22.7 Å². The fourth-order valence-electron chi connectivity index (χ4n) is 18.0. The van der Waals surface area contributed by atoms with Crippen LogP contribution in [0, 0.1) is 20.8 Å². The van der Waals surface area contributed by atoms with Gasteiger partial charge in [0.05, 0.1) is 0 Å². The van der Waals surface area contributed by atoms with Gasteiger partial charge >= 0.3 is 0 Å². The van der Waals surface area contributed by atoms with Crippen LogP contribution in [0.3, 0.4) is 0 Å². The van der Waals surface area contributed by atoms with E-state index < -0.39 is 0 Å². The monoisotopic (exact) mass is 1680 g/mol. The van der Waals surface area contributed by atoms with Gasteiger partial charge in [0.1, 0.15) is 11.2 Å². The van der Waals surface area contributed by atoms with Gasteiger partial charge in [0.15, 0.2) is 0 Å². The van der Waals surface area contributed by atoms with E-state index in [2.05, 4.69) is 472 Å². The van der Waals surface area contributed by atoms with E-state index in [4.69, 9.17) is 4.42 Å². The number of anilines is 10. The normalized spacial score (nSPS) is 11.6. The van der Waals surface area contributed by atoms with Crippen LogP contribution < -0.4 is 19.6 Å². The van der Waals surface area contributed by atoms with Crippen molar-refractivity contribution in [2.24, 2.45) is 0 Å². The van der Waals surface area contributed by atoms with Crippen LogP contribution in [0.5, 0.6) is 0 Å². The number of hydrogen-bond acceptors (Lipinski definition) is 7. The molecule has 0 atom stereocenters. The number of hydrogen-bond donors (Lipinski definition) is 0. The van der Waals surface area contributed by atoms with Crippen LogP contribution in [0.25, 0.3) is 140 Å². The SMILES string of the molecule is CCCCN(CCc1ccc(N(c2ccc(C)cc2)c2ccc(-c3ccc4sc5ccccc5c4c3)cc2)cc1)c1ccc2ccccc2c1.Cc1ccc(N(c2ccc(/C=C/c3ccc(N(c4ccc(C)cc4)c4ccc5cc(-c6ccc7oc8ccccc8c7c6)ccc5c4)cc3)cc2)c2ccc(-c3ccc(-c4ccc5sc6ccccc6c5c4)cc3)cc2)cc1. The lowest BCUT2D eigenvalue weighted by Crippen LogP contribution is -2.27. The van der Waals surface area contributed by atoms with Crippen LogP contribution in [0.4, 0.5) is 56.9 Å². The minimum Gasteiger partial charge on any atom is -0.456 e. The molecule has 3 heterocycles. The summed E-state index contributed by atoms with van der Waals surface area (Å²) in [5, 5.41) is 12.6. The molecule has 0 aliphatic carbocycles. The molecule has 22 aromatic rings. The van der Waals surface area contributed by atoms with E-state index >= 15 is 0 Å². The Labute approximate surface area is 756 Å². The van der Waals surface area contributed by atoms with E-state index in [-0.39, 0.29) is 0 Å². The van der Waals surface area contributed by atoms with E-state index in [1.54, 1.807) is 0 Å². The third-order valence-corrected chi connectivity index (χ3v) is 27.4. The highest BCUT2D eigenvalue weighted by Crippen LogP contribution is 2.45. The third-order valence-electron chi connectivity index (χ3n) is 25.1. The van der Waals surface area contributed by atoms with Gasteiger partial charge in [0.25, 0.3) is 0 Å². The predicted molar refractivity (Wildman–Crippen MR) is 554 cm³/mol. The molecule has 0 radical (unpaired) electrons. The minimum absolute atomic E-state index is 0.910. The van der Waals surface area contributed by atoms with Crippen molar-refractivity contribution in [3.63, 3.8) is 0 Å². The molecular formula is C121H94N4OS2. The molecule has 0 unspecified atom stereocenters. The molecule has 0 saturated carbocycles.